The Kier molecular flexibility index (Phi) is 3.00. The summed E-state index contributed by atoms with van der Waals surface area (Å²) in [5.74, 6) is -1.63. The highest BCUT2D eigenvalue weighted by Crippen LogP contribution is 2.52. The summed E-state index contributed by atoms with van der Waals surface area (Å²) in [6, 6.07) is 0. The van der Waals surface area contributed by atoms with Crippen LogP contribution in [0.4, 0.5) is 0 Å². The third kappa shape index (κ3) is 1.65. The van der Waals surface area contributed by atoms with Crippen LogP contribution in [0.5, 0.6) is 0 Å². The van der Waals surface area contributed by atoms with Gasteiger partial charge in [-0.05, 0) is 12.8 Å². The largest absolute Gasteiger partial charge is 0.466 e. The SMILES string of the molecule is COC(=O)C1=C(C(=O)OC)[C@@]2(C)CC[C@@H]1C(=O)C2. The zero-order valence-electron chi connectivity index (χ0n) is 10.7. The van der Waals surface area contributed by atoms with Gasteiger partial charge in [-0.15, -0.1) is 0 Å². The molecule has 0 aromatic rings. The first-order valence-corrected chi connectivity index (χ1v) is 5.88. The molecule has 0 heterocycles. The molecule has 18 heavy (non-hydrogen) atoms. The van der Waals surface area contributed by atoms with Crippen LogP contribution >= 0.6 is 0 Å². The molecule has 0 N–H and O–H groups in total. The Morgan fingerprint density at radius 1 is 1.22 bits per heavy atom. The van der Waals surface area contributed by atoms with Gasteiger partial charge in [-0.2, -0.15) is 0 Å². The summed E-state index contributed by atoms with van der Waals surface area (Å²) in [4.78, 5) is 35.7. The number of hydrogen-bond donors (Lipinski definition) is 0. The Morgan fingerprint density at radius 2 is 1.83 bits per heavy atom. The molecule has 0 spiro atoms. The molecule has 0 saturated heterocycles. The molecule has 0 aromatic heterocycles. The lowest BCUT2D eigenvalue weighted by atomic mass is 9.58. The molecule has 3 aliphatic carbocycles. The monoisotopic (exact) mass is 252 g/mol. The molecule has 5 heteroatoms. The molecule has 2 atom stereocenters. The van der Waals surface area contributed by atoms with E-state index in [1.165, 1.54) is 14.2 Å². The predicted molar refractivity (Wildman–Crippen MR) is 61.5 cm³/mol. The molecule has 0 aliphatic heterocycles. The normalized spacial score (nSPS) is 30.4. The third-order valence-corrected chi connectivity index (χ3v) is 3.95. The van der Waals surface area contributed by atoms with Crippen molar-refractivity contribution >= 4 is 17.7 Å². The lowest BCUT2D eigenvalue weighted by Gasteiger charge is -2.44. The fourth-order valence-electron chi connectivity index (χ4n) is 3.05. The molecule has 3 aliphatic rings. The molecular formula is C13H16O5. The molecule has 98 valence electrons. The molecular weight excluding hydrogens is 236 g/mol. The summed E-state index contributed by atoms with van der Waals surface area (Å²) >= 11 is 0. The van der Waals surface area contributed by atoms with Gasteiger partial charge in [0.2, 0.25) is 0 Å². The van der Waals surface area contributed by atoms with Crippen molar-refractivity contribution in [2.45, 2.75) is 26.2 Å². The number of fused-ring (bicyclic) bond motifs is 2. The van der Waals surface area contributed by atoms with Crippen molar-refractivity contribution in [1.29, 1.82) is 0 Å². The maximum atomic E-state index is 12.0. The molecule has 2 bridgehead atoms. The van der Waals surface area contributed by atoms with Crippen molar-refractivity contribution < 1.29 is 23.9 Å². The molecule has 0 unspecified atom stereocenters. The van der Waals surface area contributed by atoms with Gasteiger partial charge in [0.05, 0.1) is 31.3 Å². The zero-order chi connectivity index (χ0) is 13.5. The van der Waals surface area contributed by atoms with Gasteiger partial charge in [0.15, 0.2) is 0 Å². The van der Waals surface area contributed by atoms with Crippen molar-refractivity contribution in [2.24, 2.45) is 11.3 Å². The van der Waals surface area contributed by atoms with Crippen LogP contribution in [-0.2, 0) is 23.9 Å². The van der Waals surface area contributed by atoms with E-state index in [4.69, 9.17) is 9.47 Å². The number of hydrogen-bond acceptors (Lipinski definition) is 5. The summed E-state index contributed by atoms with van der Waals surface area (Å²) in [6.07, 6.45) is 1.61. The Labute approximate surface area is 105 Å². The molecule has 0 radical (unpaired) electrons. The second-order valence-corrected chi connectivity index (χ2v) is 5.07. The Hall–Kier alpha value is -1.65. The van der Waals surface area contributed by atoms with Crippen molar-refractivity contribution in [1.82, 2.24) is 0 Å². The first-order valence-electron chi connectivity index (χ1n) is 5.88. The highest BCUT2D eigenvalue weighted by atomic mass is 16.5. The first-order chi connectivity index (χ1) is 8.44. The lowest BCUT2D eigenvalue weighted by molar-refractivity contribution is -0.145. The van der Waals surface area contributed by atoms with Gasteiger partial charge in [0.1, 0.15) is 5.78 Å². The van der Waals surface area contributed by atoms with Crippen LogP contribution < -0.4 is 0 Å². The van der Waals surface area contributed by atoms with Gasteiger partial charge in [-0.25, -0.2) is 9.59 Å². The Balaban J connectivity index is 2.63. The van der Waals surface area contributed by atoms with Crippen LogP contribution in [0.1, 0.15) is 26.2 Å². The Morgan fingerprint density at radius 3 is 2.33 bits per heavy atom. The molecule has 0 amide bonds. The molecule has 1 saturated carbocycles. The lowest BCUT2D eigenvalue weighted by Crippen LogP contribution is -2.45. The summed E-state index contributed by atoms with van der Waals surface area (Å²) in [7, 11) is 2.52. The van der Waals surface area contributed by atoms with Crippen molar-refractivity contribution in [3.05, 3.63) is 11.1 Å². The van der Waals surface area contributed by atoms with Crippen LogP contribution in [0.15, 0.2) is 11.1 Å². The number of carbonyl (C=O) groups excluding carboxylic acids is 3. The fourth-order valence-corrected chi connectivity index (χ4v) is 3.05. The maximum absolute atomic E-state index is 12.0. The molecule has 0 aromatic carbocycles. The first kappa shape index (κ1) is 12.8. The van der Waals surface area contributed by atoms with E-state index in [9.17, 15) is 14.4 Å². The topological polar surface area (TPSA) is 69.7 Å². The van der Waals surface area contributed by atoms with Gasteiger partial charge < -0.3 is 9.47 Å². The quantitative estimate of drug-likeness (QED) is 0.686. The smallest absolute Gasteiger partial charge is 0.335 e. The highest BCUT2D eigenvalue weighted by Gasteiger charge is 2.52. The number of rotatable bonds is 2. The van der Waals surface area contributed by atoms with Crippen molar-refractivity contribution in [2.75, 3.05) is 14.2 Å². The fraction of sp³-hybridized carbons (Fsp3) is 0.615. The summed E-state index contributed by atoms with van der Waals surface area (Å²) in [5.41, 5.74) is -0.0651. The maximum Gasteiger partial charge on any atom is 0.335 e. The van der Waals surface area contributed by atoms with Gasteiger partial charge in [0.25, 0.3) is 0 Å². The van der Waals surface area contributed by atoms with E-state index in [0.29, 0.717) is 24.8 Å². The van der Waals surface area contributed by atoms with E-state index < -0.39 is 23.3 Å². The molecule has 5 nitrogen and oxygen atoms in total. The zero-order valence-corrected chi connectivity index (χ0v) is 10.7. The van der Waals surface area contributed by atoms with Gasteiger partial charge in [-0.3, -0.25) is 4.79 Å². The van der Waals surface area contributed by atoms with Gasteiger partial charge in [-0.1, -0.05) is 6.92 Å². The van der Waals surface area contributed by atoms with Crippen molar-refractivity contribution in [3.8, 4) is 0 Å². The van der Waals surface area contributed by atoms with E-state index in [2.05, 4.69) is 0 Å². The molecule has 1 fully saturated rings. The number of carbonyl (C=O) groups is 3. The minimum Gasteiger partial charge on any atom is -0.466 e. The molecule has 3 rings (SSSR count). The second kappa shape index (κ2) is 4.23. The van der Waals surface area contributed by atoms with E-state index in [1.54, 1.807) is 0 Å². The second-order valence-electron chi connectivity index (χ2n) is 5.07. The van der Waals surface area contributed by atoms with Crippen molar-refractivity contribution in [3.63, 3.8) is 0 Å². The summed E-state index contributed by atoms with van der Waals surface area (Å²) in [5, 5.41) is 0. The highest BCUT2D eigenvalue weighted by molar-refractivity contribution is 6.09. The summed E-state index contributed by atoms with van der Waals surface area (Å²) < 4.78 is 9.46. The number of methoxy groups -OCH3 is 2. The minimum atomic E-state index is -0.598. The number of Topliss-reactive ketones (excluding diaryl/α,β-unsaturated/α-hetero) is 1. The van der Waals surface area contributed by atoms with Gasteiger partial charge in [0, 0.05) is 11.8 Å². The van der Waals surface area contributed by atoms with E-state index in [0.717, 1.165) is 0 Å². The van der Waals surface area contributed by atoms with E-state index >= 15 is 0 Å². The minimum absolute atomic E-state index is 0.0109. The van der Waals surface area contributed by atoms with Crippen LogP contribution in [-0.4, -0.2) is 31.9 Å². The third-order valence-electron chi connectivity index (χ3n) is 3.95. The summed E-state index contributed by atoms with van der Waals surface area (Å²) in [6.45, 7) is 1.83. The van der Waals surface area contributed by atoms with E-state index in [1.807, 2.05) is 6.92 Å². The van der Waals surface area contributed by atoms with Gasteiger partial charge >= 0.3 is 11.9 Å². The average molecular weight is 252 g/mol. The van der Waals surface area contributed by atoms with Crippen LogP contribution in [0.2, 0.25) is 0 Å². The standard InChI is InChI=1S/C13H16O5/c1-13-5-4-7(8(14)6-13)9(11(15)17-2)10(13)12(16)18-3/h7H,4-6H2,1-3H3/t7-,13+/m1/s1. The average Bonchev–Trinajstić information content (AvgIpc) is 2.35. The van der Waals surface area contributed by atoms with Crippen LogP contribution in [0, 0.1) is 11.3 Å². The van der Waals surface area contributed by atoms with E-state index in [-0.39, 0.29) is 11.4 Å². The predicted octanol–water partition coefficient (Wildman–Crippen LogP) is 1.02. The number of ketones is 1. The number of esters is 2. The van der Waals surface area contributed by atoms with Crippen LogP contribution in [0.25, 0.3) is 0 Å². The van der Waals surface area contributed by atoms with Crippen LogP contribution in [0.3, 0.4) is 0 Å². The Bertz CT molecular complexity index is 462. The number of ether oxygens (including phenoxy) is 2.